The summed E-state index contributed by atoms with van der Waals surface area (Å²) in [5.41, 5.74) is -3.87. The topological polar surface area (TPSA) is 104 Å². The zero-order chi connectivity index (χ0) is 23.8. The normalized spacial score (nSPS) is 13.9. The Morgan fingerprint density at radius 2 is 1.65 bits per heavy atom. The van der Waals surface area contributed by atoms with Crippen molar-refractivity contribution in [3.05, 3.63) is 53.1 Å². The fourth-order valence-corrected chi connectivity index (χ4v) is 3.95. The van der Waals surface area contributed by atoms with Crippen molar-refractivity contribution in [1.29, 1.82) is 0 Å². The van der Waals surface area contributed by atoms with Crippen molar-refractivity contribution < 1.29 is 36.3 Å². The van der Waals surface area contributed by atoms with Gasteiger partial charge in [0.25, 0.3) is 11.8 Å². The number of nitrogens with one attached hydrogen (secondary N) is 1. The summed E-state index contributed by atoms with van der Waals surface area (Å²) in [5, 5.41) is 10.9. The number of nitrogens with zero attached hydrogens (tertiary/aromatic N) is 1. The maximum atomic E-state index is 12.9. The Balaban J connectivity index is 2.38. The lowest BCUT2D eigenvalue weighted by Crippen LogP contribution is -2.52. The third kappa shape index (κ3) is 5.00. The van der Waals surface area contributed by atoms with Crippen LogP contribution in [-0.2, 0) is 14.6 Å². The zero-order valence-electron chi connectivity index (χ0n) is 16.5. The molecule has 12 heteroatoms. The highest BCUT2D eigenvalue weighted by atomic mass is 35.5. The molecule has 0 aliphatic rings. The summed E-state index contributed by atoms with van der Waals surface area (Å²) in [5.74, 6) is -2.20. The standard InChI is InChI=1S/C19H18ClF3N2O5S/c1-18(28,19(21,22)23)17(27)24-15-8-7-13(10-14(15)20)31(29,30)12-6-4-5-11(9-12)16(26)25(2)3/h4-10,28H,1-3H3,(H,24,27)/t18-/m1/s1. The number of halogens is 4. The maximum absolute atomic E-state index is 12.9. The molecule has 2 rings (SSSR count). The molecule has 0 aromatic heterocycles. The minimum Gasteiger partial charge on any atom is -0.373 e. The van der Waals surface area contributed by atoms with Crippen LogP contribution in [0.15, 0.2) is 52.3 Å². The van der Waals surface area contributed by atoms with Crippen LogP contribution in [0, 0.1) is 0 Å². The van der Waals surface area contributed by atoms with E-state index in [1.807, 2.05) is 5.32 Å². The lowest BCUT2D eigenvalue weighted by atomic mass is 10.1. The van der Waals surface area contributed by atoms with Crippen LogP contribution in [0.1, 0.15) is 17.3 Å². The van der Waals surface area contributed by atoms with Crippen molar-refractivity contribution in [3.63, 3.8) is 0 Å². The van der Waals surface area contributed by atoms with Gasteiger partial charge in [-0.3, -0.25) is 9.59 Å². The summed E-state index contributed by atoms with van der Waals surface area (Å²) in [6, 6.07) is 8.25. The molecule has 1 atom stereocenters. The Kier molecular flexibility index (Phi) is 6.74. The highest BCUT2D eigenvalue weighted by Crippen LogP contribution is 2.33. The molecule has 2 N–H and O–H groups in total. The predicted molar refractivity (Wildman–Crippen MR) is 107 cm³/mol. The minimum absolute atomic E-state index is 0.135. The summed E-state index contributed by atoms with van der Waals surface area (Å²) in [6.07, 6.45) is -5.23. The quantitative estimate of drug-likeness (QED) is 0.687. The van der Waals surface area contributed by atoms with Crippen LogP contribution in [0.4, 0.5) is 18.9 Å². The lowest BCUT2D eigenvalue weighted by Gasteiger charge is -2.25. The summed E-state index contributed by atoms with van der Waals surface area (Å²) in [6.45, 7) is 0.275. The number of rotatable bonds is 5. The van der Waals surface area contributed by atoms with E-state index in [4.69, 9.17) is 11.6 Å². The first kappa shape index (κ1) is 24.6. The molecule has 2 aromatic carbocycles. The molecule has 2 aromatic rings. The molecule has 31 heavy (non-hydrogen) atoms. The summed E-state index contributed by atoms with van der Waals surface area (Å²) in [7, 11) is -1.12. The number of anilines is 1. The van der Waals surface area contributed by atoms with E-state index >= 15 is 0 Å². The highest BCUT2D eigenvalue weighted by Gasteiger charge is 2.55. The van der Waals surface area contributed by atoms with Gasteiger partial charge in [0.05, 0.1) is 20.5 Å². The summed E-state index contributed by atoms with van der Waals surface area (Å²) >= 11 is 5.95. The van der Waals surface area contributed by atoms with Gasteiger partial charge in [-0.2, -0.15) is 13.2 Å². The van der Waals surface area contributed by atoms with E-state index in [0.29, 0.717) is 0 Å². The number of hydrogen-bond acceptors (Lipinski definition) is 5. The van der Waals surface area contributed by atoms with E-state index in [1.165, 1.54) is 43.3 Å². The first-order chi connectivity index (χ1) is 14.1. The van der Waals surface area contributed by atoms with Gasteiger partial charge in [-0.15, -0.1) is 0 Å². The van der Waals surface area contributed by atoms with Gasteiger partial charge in [-0.05, 0) is 43.3 Å². The second-order valence-corrected chi connectivity index (χ2v) is 9.25. The molecule has 0 aliphatic carbocycles. The van der Waals surface area contributed by atoms with Crippen molar-refractivity contribution in [2.75, 3.05) is 19.4 Å². The van der Waals surface area contributed by atoms with Gasteiger partial charge in [-0.25, -0.2) is 8.42 Å². The van der Waals surface area contributed by atoms with Gasteiger partial charge in [0, 0.05) is 19.7 Å². The van der Waals surface area contributed by atoms with Crippen LogP contribution >= 0.6 is 11.6 Å². The van der Waals surface area contributed by atoms with Crippen LogP contribution in [0.25, 0.3) is 0 Å². The molecular formula is C19H18ClF3N2O5S. The Labute approximate surface area is 181 Å². The maximum Gasteiger partial charge on any atom is 0.426 e. The third-order valence-corrected chi connectivity index (χ3v) is 6.35. The lowest BCUT2D eigenvalue weighted by molar-refractivity contribution is -0.242. The van der Waals surface area contributed by atoms with Gasteiger partial charge >= 0.3 is 6.18 Å². The monoisotopic (exact) mass is 478 g/mol. The van der Waals surface area contributed by atoms with Crippen molar-refractivity contribution in [3.8, 4) is 0 Å². The van der Waals surface area contributed by atoms with E-state index in [2.05, 4.69) is 0 Å². The average molecular weight is 479 g/mol. The number of benzene rings is 2. The zero-order valence-corrected chi connectivity index (χ0v) is 18.1. The van der Waals surface area contributed by atoms with Crippen LogP contribution in [0.2, 0.25) is 5.02 Å². The van der Waals surface area contributed by atoms with E-state index < -0.39 is 33.4 Å². The van der Waals surface area contributed by atoms with Crippen LogP contribution in [-0.4, -0.2) is 56.1 Å². The first-order valence-corrected chi connectivity index (χ1v) is 10.4. The number of hydrogen-bond donors (Lipinski definition) is 2. The van der Waals surface area contributed by atoms with Crippen molar-refractivity contribution in [1.82, 2.24) is 4.90 Å². The van der Waals surface area contributed by atoms with Gasteiger partial charge in [0.1, 0.15) is 0 Å². The molecule has 0 spiro atoms. The van der Waals surface area contributed by atoms with Gasteiger partial charge < -0.3 is 15.3 Å². The SMILES string of the molecule is CN(C)C(=O)c1cccc(S(=O)(=O)c2ccc(NC(=O)[C@@](C)(O)C(F)(F)F)c(Cl)c2)c1. The number of aliphatic hydroxyl groups is 1. The number of carbonyl (C=O) groups excluding carboxylic acids is 2. The third-order valence-electron chi connectivity index (χ3n) is 4.29. The van der Waals surface area contributed by atoms with Gasteiger partial charge in [0.15, 0.2) is 0 Å². The molecule has 0 bridgehead atoms. The summed E-state index contributed by atoms with van der Waals surface area (Å²) < 4.78 is 64.1. The predicted octanol–water partition coefficient (Wildman–Crippen LogP) is 3.13. The molecule has 0 fully saturated rings. The van der Waals surface area contributed by atoms with Crippen LogP contribution in [0.3, 0.4) is 0 Å². The number of alkyl halides is 3. The van der Waals surface area contributed by atoms with Crippen LogP contribution < -0.4 is 5.32 Å². The smallest absolute Gasteiger partial charge is 0.373 e. The molecule has 0 unspecified atom stereocenters. The second kappa shape index (κ2) is 8.48. The van der Waals surface area contributed by atoms with E-state index in [-0.39, 0.29) is 33.0 Å². The average Bonchev–Trinajstić information content (AvgIpc) is 2.67. The number of amides is 2. The molecule has 0 heterocycles. The number of carbonyl (C=O) groups is 2. The van der Waals surface area contributed by atoms with Crippen molar-refractivity contribution in [2.45, 2.75) is 28.5 Å². The van der Waals surface area contributed by atoms with Gasteiger partial charge in [0.2, 0.25) is 15.4 Å². The molecule has 7 nitrogen and oxygen atoms in total. The molecule has 168 valence electrons. The highest BCUT2D eigenvalue weighted by molar-refractivity contribution is 7.91. The first-order valence-electron chi connectivity index (χ1n) is 8.56. The fraction of sp³-hybridized carbons (Fsp3) is 0.263. The van der Waals surface area contributed by atoms with Crippen LogP contribution in [0.5, 0.6) is 0 Å². The Hall–Kier alpha value is -2.63. The van der Waals surface area contributed by atoms with Gasteiger partial charge in [-0.1, -0.05) is 17.7 Å². The Morgan fingerprint density at radius 1 is 1.06 bits per heavy atom. The molecular weight excluding hydrogens is 461 g/mol. The Morgan fingerprint density at radius 3 is 2.16 bits per heavy atom. The van der Waals surface area contributed by atoms with Crippen molar-refractivity contribution in [2.24, 2.45) is 0 Å². The fourth-order valence-electron chi connectivity index (χ4n) is 2.33. The molecule has 0 radical (unpaired) electrons. The minimum atomic E-state index is -5.23. The second-order valence-electron chi connectivity index (χ2n) is 6.90. The molecule has 2 amide bonds. The van der Waals surface area contributed by atoms with E-state index in [1.54, 1.807) is 0 Å². The molecule has 0 saturated heterocycles. The largest absolute Gasteiger partial charge is 0.426 e. The van der Waals surface area contributed by atoms with E-state index in [9.17, 15) is 36.3 Å². The van der Waals surface area contributed by atoms with Crippen molar-refractivity contribution >= 4 is 38.9 Å². The van der Waals surface area contributed by atoms with E-state index in [0.717, 1.165) is 18.2 Å². The summed E-state index contributed by atoms with van der Waals surface area (Å²) in [4.78, 5) is 24.6. The molecule has 0 saturated carbocycles. The molecule has 0 aliphatic heterocycles. The number of sulfone groups is 1. The Bertz CT molecular complexity index is 1130.